The zero-order valence-electron chi connectivity index (χ0n) is 11.6. The van der Waals surface area contributed by atoms with E-state index < -0.39 is 5.54 Å². The normalized spacial score (nSPS) is 26.2. The first-order chi connectivity index (χ1) is 9.44. The van der Waals surface area contributed by atoms with Crippen molar-refractivity contribution in [3.05, 3.63) is 23.8 Å². The van der Waals surface area contributed by atoms with Gasteiger partial charge in [0.05, 0.1) is 12.1 Å². The first-order valence-corrected chi connectivity index (χ1v) is 6.90. The molecule has 5 heteroatoms. The van der Waals surface area contributed by atoms with Gasteiger partial charge in [0.25, 0.3) is 5.91 Å². The Morgan fingerprint density at radius 1 is 1.25 bits per heavy atom. The monoisotopic (exact) mass is 279 g/mol. The lowest BCUT2D eigenvalue weighted by Crippen LogP contribution is -2.53. The molecule has 5 nitrogen and oxygen atoms in total. The molecule has 4 N–H and O–H groups in total. The van der Waals surface area contributed by atoms with E-state index in [2.05, 4.69) is 12.2 Å². The SMILES string of the molecule is CC1CCC(CO)(NC(=O)c2cc(O)cc(O)c2)CC1. The lowest BCUT2D eigenvalue weighted by atomic mass is 9.77. The van der Waals surface area contributed by atoms with E-state index in [0.717, 1.165) is 25.7 Å². The number of rotatable bonds is 3. The Balaban J connectivity index is 2.13. The van der Waals surface area contributed by atoms with Gasteiger partial charge in [0.2, 0.25) is 0 Å². The maximum absolute atomic E-state index is 12.2. The first-order valence-electron chi connectivity index (χ1n) is 6.90. The van der Waals surface area contributed by atoms with E-state index >= 15 is 0 Å². The molecule has 0 aromatic heterocycles. The number of amides is 1. The van der Waals surface area contributed by atoms with Crippen LogP contribution in [0.2, 0.25) is 0 Å². The van der Waals surface area contributed by atoms with Crippen LogP contribution in [0.15, 0.2) is 18.2 Å². The molecule has 0 spiro atoms. The van der Waals surface area contributed by atoms with Crippen LogP contribution >= 0.6 is 0 Å². The third kappa shape index (κ3) is 3.22. The van der Waals surface area contributed by atoms with Crippen LogP contribution in [-0.2, 0) is 0 Å². The second-order valence-electron chi connectivity index (χ2n) is 5.81. The van der Waals surface area contributed by atoms with Crippen molar-refractivity contribution in [2.24, 2.45) is 5.92 Å². The van der Waals surface area contributed by atoms with Gasteiger partial charge < -0.3 is 20.6 Å². The van der Waals surface area contributed by atoms with Crippen LogP contribution in [0, 0.1) is 5.92 Å². The number of nitrogens with one attached hydrogen (secondary N) is 1. The molecular formula is C15H21NO4. The maximum atomic E-state index is 12.2. The summed E-state index contributed by atoms with van der Waals surface area (Å²) in [5.74, 6) is -0.105. The van der Waals surface area contributed by atoms with E-state index in [0.29, 0.717) is 5.92 Å². The van der Waals surface area contributed by atoms with Crippen molar-refractivity contribution in [1.29, 1.82) is 0 Å². The fraction of sp³-hybridized carbons (Fsp3) is 0.533. The molecule has 20 heavy (non-hydrogen) atoms. The molecule has 0 heterocycles. The minimum absolute atomic E-state index is 0.101. The van der Waals surface area contributed by atoms with Gasteiger partial charge in [0.1, 0.15) is 11.5 Å². The Hall–Kier alpha value is -1.75. The molecule has 0 unspecified atom stereocenters. The van der Waals surface area contributed by atoms with Crippen LogP contribution in [-0.4, -0.2) is 33.4 Å². The summed E-state index contributed by atoms with van der Waals surface area (Å²) >= 11 is 0. The highest BCUT2D eigenvalue weighted by atomic mass is 16.3. The summed E-state index contributed by atoms with van der Waals surface area (Å²) in [5, 5.41) is 31.3. The molecule has 1 aromatic rings. The molecule has 1 saturated carbocycles. The van der Waals surface area contributed by atoms with E-state index in [4.69, 9.17) is 0 Å². The predicted molar refractivity (Wildman–Crippen MR) is 74.7 cm³/mol. The molecule has 0 aliphatic heterocycles. The number of phenolic OH excluding ortho intramolecular Hbond substituents is 2. The van der Waals surface area contributed by atoms with Gasteiger partial charge in [0, 0.05) is 11.6 Å². The summed E-state index contributed by atoms with van der Waals surface area (Å²) in [4.78, 5) is 12.2. The quantitative estimate of drug-likeness (QED) is 0.679. The molecule has 1 aromatic carbocycles. The lowest BCUT2D eigenvalue weighted by molar-refractivity contribution is 0.0716. The molecule has 1 fully saturated rings. The third-order valence-corrected chi connectivity index (χ3v) is 4.08. The van der Waals surface area contributed by atoms with Crippen LogP contribution < -0.4 is 5.32 Å². The van der Waals surface area contributed by atoms with E-state index in [1.807, 2.05) is 0 Å². The number of aromatic hydroxyl groups is 2. The molecule has 0 atom stereocenters. The van der Waals surface area contributed by atoms with Crippen LogP contribution in [0.3, 0.4) is 0 Å². The van der Waals surface area contributed by atoms with Crippen molar-refractivity contribution >= 4 is 5.91 Å². The zero-order valence-corrected chi connectivity index (χ0v) is 11.6. The van der Waals surface area contributed by atoms with Gasteiger partial charge in [-0.3, -0.25) is 4.79 Å². The van der Waals surface area contributed by atoms with Crippen LogP contribution in [0.25, 0.3) is 0 Å². The van der Waals surface area contributed by atoms with Gasteiger partial charge in [-0.25, -0.2) is 0 Å². The van der Waals surface area contributed by atoms with Gasteiger partial charge in [-0.1, -0.05) is 6.92 Å². The summed E-state index contributed by atoms with van der Waals surface area (Å²) in [7, 11) is 0. The molecule has 0 radical (unpaired) electrons. The number of benzene rings is 1. The van der Waals surface area contributed by atoms with Gasteiger partial charge in [-0.2, -0.15) is 0 Å². The van der Waals surface area contributed by atoms with Gasteiger partial charge >= 0.3 is 0 Å². The minimum atomic E-state index is -0.593. The van der Waals surface area contributed by atoms with Crippen molar-refractivity contribution in [1.82, 2.24) is 5.32 Å². The van der Waals surface area contributed by atoms with Gasteiger partial charge in [-0.05, 0) is 43.7 Å². The molecule has 2 rings (SSSR count). The minimum Gasteiger partial charge on any atom is -0.508 e. The van der Waals surface area contributed by atoms with E-state index in [1.54, 1.807) is 0 Å². The van der Waals surface area contributed by atoms with Crippen molar-refractivity contribution in [2.75, 3.05) is 6.61 Å². The maximum Gasteiger partial charge on any atom is 0.252 e. The Kier molecular flexibility index (Phi) is 4.18. The average Bonchev–Trinajstić information content (AvgIpc) is 2.40. The highest BCUT2D eigenvalue weighted by Crippen LogP contribution is 2.32. The third-order valence-electron chi connectivity index (χ3n) is 4.08. The van der Waals surface area contributed by atoms with Crippen LogP contribution in [0.5, 0.6) is 11.5 Å². The summed E-state index contributed by atoms with van der Waals surface area (Å²) in [6, 6.07) is 3.76. The van der Waals surface area contributed by atoms with Crippen molar-refractivity contribution in [3.8, 4) is 11.5 Å². The standard InChI is InChI=1S/C15H21NO4/c1-10-2-4-15(9-17,5-3-10)16-14(20)11-6-12(18)8-13(19)7-11/h6-8,10,17-19H,2-5,9H2,1H3,(H,16,20). The number of hydrogen-bond acceptors (Lipinski definition) is 4. The van der Waals surface area contributed by atoms with E-state index in [1.165, 1.54) is 18.2 Å². The number of carbonyl (C=O) groups is 1. The fourth-order valence-corrected chi connectivity index (χ4v) is 2.68. The predicted octanol–water partition coefficient (Wildman–Crippen LogP) is 1.77. The molecule has 110 valence electrons. The second-order valence-corrected chi connectivity index (χ2v) is 5.81. The van der Waals surface area contributed by atoms with E-state index in [-0.39, 0.29) is 29.6 Å². The highest BCUT2D eigenvalue weighted by Gasteiger charge is 2.35. The largest absolute Gasteiger partial charge is 0.508 e. The van der Waals surface area contributed by atoms with Crippen molar-refractivity contribution < 1.29 is 20.1 Å². The number of aliphatic hydroxyl groups excluding tert-OH is 1. The Bertz CT molecular complexity index is 472. The number of carbonyl (C=O) groups excluding carboxylic acids is 1. The summed E-state index contributed by atoms with van der Waals surface area (Å²) in [6.07, 6.45) is 3.40. The molecule has 1 amide bonds. The van der Waals surface area contributed by atoms with Crippen LogP contribution in [0.1, 0.15) is 43.0 Å². The van der Waals surface area contributed by atoms with Crippen molar-refractivity contribution in [3.63, 3.8) is 0 Å². The first kappa shape index (κ1) is 14.7. The van der Waals surface area contributed by atoms with E-state index in [9.17, 15) is 20.1 Å². The summed E-state index contributed by atoms with van der Waals surface area (Å²) < 4.78 is 0. The molecule has 1 aliphatic rings. The fourth-order valence-electron chi connectivity index (χ4n) is 2.68. The molecule has 0 saturated heterocycles. The smallest absolute Gasteiger partial charge is 0.252 e. The lowest BCUT2D eigenvalue weighted by Gasteiger charge is -2.38. The summed E-state index contributed by atoms with van der Waals surface area (Å²) in [5.41, 5.74) is -0.404. The Morgan fingerprint density at radius 2 is 1.80 bits per heavy atom. The second kappa shape index (κ2) is 5.71. The Labute approximate surface area is 118 Å². The zero-order chi connectivity index (χ0) is 14.8. The topological polar surface area (TPSA) is 89.8 Å². The molecular weight excluding hydrogens is 258 g/mol. The summed E-state index contributed by atoms with van der Waals surface area (Å²) in [6.45, 7) is 2.06. The average molecular weight is 279 g/mol. The number of phenols is 2. The van der Waals surface area contributed by atoms with Crippen LogP contribution in [0.4, 0.5) is 0 Å². The molecule has 1 aliphatic carbocycles. The number of aliphatic hydroxyl groups is 1. The van der Waals surface area contributed by atoms with Gasteiger partial charge in [-0.15, -0.1) is 0 Å². The van der Waals surface area contributed by atoms with Crippen molar-refractivity contribution in [2.45, 2.75) is 38.1 Å². The number of hydrogen-bond donors (Lipinski definition) is 4. The Morgan fingerprint density at radius 3 is 2.30 bits per heavy atom. The highest BCUT2D eigenvalue weighted by molar-refractivity contribution is 5.95. The van der Waals surface area contributed by atoms with Gasteiger partial charge in [0.15, 0.2) is 0 Å². The molecule has 0 bridgehead atoms.